The predicted molar refractivity (Wildman–Crippen MR) is 67.1 cm³/mol. The average molecular weight is 245 g/mol. The molecule has 3 nitrogen and oxygen atoms in total. The minimum atomic E-state index is -0.710. The Morgan fingerprint density at radius 1 is 1.19 bits per heavy atom. The van der Waals surface area contributed by atoms with Crippen LogP contribution in [0.3, 0.4) is 0 Å². The van der Waals surface area contributed by atoms with E-state index in [1.807, 2.05) is 7.05 Å². The van der Waals surface area contributed by atoms with Crippen LogP contribution >= 0.6 is 0 Å². The molecule has 3 unspecified atom stereocenters. The van der Waals surface area contributed by atoms with Crippen LogP contribution in [0.25, 0.3) is 0 Å². The summed E-state index contributed by atoms with van der Waals surface area (Å²) in [6.45, 7) is 1.48. The fourth-order valence-corrected chi connectivity index (χ4v) is 4.93. The van der Waals surface area contributed by atoms with Gasteiger partial charge in [0, 0.05) is 28.7 Å². The third kappa shape index (κ3) is 2.84. The Hall–Kier alpha value is 0.0700. The fourth-order valence-electron chi connectivity index (χ4n) is 2.82. The van der Waals surface area contributed by atoms with E-state index in [-0.39, 0.29) is 5.25 Å². The van der Waals surface area contributed by atoms with Gasteiger partial charge in [0.25, 0.3) is 0 Å². The van der Waals surface area contributed by atoms with Crippen LogP contribution in [0.15, 0.2) is 0 Å². The van der Waals surface area contributed by atoms with E-state index >= 15 is 0 Å². The quantitative estimate of drug-likeness (QED) is 0.818. The van der Waals surface area contributed by atoms with Gasteiger partial charge in [-0.15, -0.1) is 0 Å². The molecule has 2 aliphatic rings. The van der Waals surface area contributed by atoms with Crippen molar-refractivity contribution < 1.29 is 8.95 Å². The molecule has 0 aromatic heterocycles. The van der Waals surface area contributed by atoms with Crippen LogP contribution in [-0.2, 0) is 15.5 Å². The molecule has 1 saturated carbocycles. The van der Waals surface area contributed by atoms with Crippen molar-refractivity contribution in [2.24, 2.45) is 0 Å². The van der Waals surface area contributed by atoms with E-state index in [1.54, 1.807) is 0 Å². The highest BCUT2D eigenvalue weighted by Crippen LogP contribution is 2.26. The zero-order valence-electron chi connectivity index (χ0n) is 10.1. The van der Waals surface area contributed by atoms with Gasteiger partial charge >= 0.3 is 0 Å². The highest BCUT2D eigenvalue weighted by atomic mass is 32.2. The summed E-state index contributed by atoms with van der Waals surface area (Å²) >= 11 is 0. The van der Waals surface area contributed by atoms with Gasteiger partial charge in [0.1, 0.15) is 0 Å². The lowest BCUT2D eigenvalue weighted by molar-refractivity contribution is 0.0835. The van der Waals surface area contributed by atoms with Crippen molar-refractivity contribution in [3.63, 3.8) is 0 Å². The van der Waals surface area contributed by atoms with Gasteiger partial charge in [0.2, 0.25) is 0 Å². The molecule has 0 bridgehead atoms. The van der Waals surface area contributed by atoms with Crippen LogP contribution < -0.4 is 5.32 Å². The van der Waals surface area contributed by atoms with E-state index in [4.69, 9.17) is 4.74 Å². The molecular weight excluding hydrogens is 222 g/mol. The van der Waals surface area contributed by atoms with Gasteiger partial charge in [-0.05, 0) is 26.3 Å². The van der Waals surface area contributed by atoms with Crippen molar-refractivity contribution >= 4 is 10.8 Å². The molecule has 1 aliphatic heterocycles. The maximum Gasteiger partial charge on any atom is 0.0738 e. The molecule has 0 aromatic rings. The Balaban J connectivity index is 1.95. The van der Waals surface area contributed by atoms with E-state index in [1.165, 1.54) is 19.3 Å². The van der Waals surface area contributed by atoms with Crippen molar-refractivity contribution in [3.05, 3.63) is 0 Å². The van der Waals surface area contributed by atoms with E-state index in [2.05, 4.69) is 5.32 Å². The number of hydrogen-bond acceptors (Lipinski definition) is 3. The zero-order chi connectivity index (χ0) is 11.4. The molecule has 2 rings (SSSR count). The van der Waals surface area contributed by atoms with Gasteiger partial charge in [0.05, 0.1) is 11.9 Å². The second-order valence-electron chi connectivity index (χ2n) is 4.89. The maximum absolute atomic E-state index is 12.5. The molecule has 1 saturated heterocycles. The number of hydrogen-bond donors (Lipinski definition) is 1. The predicted octanol–water partition coefficient (Wildman–Crippen LogP) is 1.44. The lowest BCUT2D eigenvalue weighted by Crippen LogP contribution is -2.49. The lowest BCUT2D eigenvalue weighted by atomic mass is 10.0. The van der Waals surface area contributed by atoms with Gasteiger partial charge in [-0.1, -0.05) is 19.3 Å². The summed E-state index contributed by atoms with van der Waals surface area (Å²) in [6, 6.07) is 0.386. The van der Waals surface area contributed by atoms with Crippen LogP contribution in [0.1, 0.15) is 38.5 Å². The summed E-state index contributed by atoms with van der Waals surface area (Å²) in [6.07, 6.45) is 7.14. The second kappa shape index (κ2) is 6.12. The molecule has 1 aliphatic carbocycles. The van der Waals surface area contributed by atoms with Gasteiger partial charge < -0.3 is 10.1 Å². The van der Waals surface area contributed by atoms with Crippen LogP contribution in [0.5, 0.6) is 0 Å². The highest BCUT2D eigenvalue weighted by molar-refractivity contribution is 7.86. The number of ether oxygens (including phenoxy) is 1. The molecule has 4 heteroatoms. The average Bonchev–Trinajstić information content (AvgIpc) is 2.39. The highest BCUT2D eigenvalue weighted by Gasteiger charge is 2.33. The maximum atomic E-state index is 12.5. The smallest absolute Gasteiger partial charge is 0.0738 e. The summed E-state index contributed by atoms with van der Waals surface area (Å²) in [5.74, 6) is 0. The minimum Gasteiger partial charge on any atom is -0.380 e. The molecule has 2 fully saturated rings. The molecular formula is C12H23NO2S. The van der Waals surface area contributed by atoms with Crippen LogP contribution in [0.2, 0.25) is 0 Å². The molecule has 16 heavy (non-hydrogen) atoms. The number of nitrogens with one attached hydrogen (secondary N) is 1. The van der Waals surface area contributed by atoms with Crippen molar-refractivity contribution in [1.82, 2.24) is 5.32 Å². The molecule has 0 spiro atoms. The summed E-state index contributed by atoms with van der Waals surface area (Å²) in [5.41, 5.74) is 0. The topological polar surface area (TPSA) is 38.3 Å². The first-order chi connectivity index (χ1) is 7.83. The van der Waals surface area contributed by atoms with Crippen molar-refractivity contribution in [2.75, 3.05) is 20.3 Å². The largest absolute Gasteiger partial charge is 0.380 e. The lowest BCUT2D eigenvalue weighted by Gasteiger charge is -2.34. The minimum absolute atomic E-state index is 0.210. The van der Waals surface area contributed by atoms with Gasteiger partial charge in [-0.3, -0.25) is 4.21 Å². The first-order valence-electron chi connectivity index (χ1n) is 6.47. The molecule has 0 aromatic carbocycles. The van der Waals surface area contributed by atoms with Crippen LogP contribution in [0.4, 0.5) is 0 Å². The first-order valence-corrected chi connectivity index (χ1v) is 7.75. The molecule has 94 valence electrons. The van der Waals surface area contributed by atoms with Gasteiger partial charge in [-0.2, -0.15) is 0 Å². The third-order valence-electron chi connectivity index (χ3n) is 3.85. The summed E-state index contributed by atoms with van der Waals surface area (Å²) in [5, 5.41) is 3.94. The van der Waals surface area contributed by atoms with E-state index < -0.39 is 10.8 Å². The Kier molecular flexibility index (Phi) is 4.79. The monoisotopic (exact) mass is 245 g/mol. The molecule has 1 heterocycles. The van der Waals surface area contributed by atoms with E-state index in [0.717, 1.165) is 25.9 Å². The zero-order valence-corrected chi connectivity index (χ0v) is 10.9. The molecule has 0 radical (unpaired) electrons. The van der Waals surface area contributed by atoms with E-state index in [9.17, 15) is 4.21 Å². The van der Waals surface area contributed by atoms with Crippen LogP contribution in [-0.4, -0.2) is 41.0 Å². The molecule has 1 N–H and O–H groups in total. The molecule has 3 atom stereocenters. The Morgan fingerprint density at radius 3 is 2.62 bits per heavy atom. The fraction of sp³-hybridized carbons (Fsp3) is 1.00. The van der Waals surface area contributed by atoms with Crippen LogP contribution in [0, 0.1) is 0 Å². The van der Waals surface area contributed by atoms with Crippen molar-refractivity contribution in [3.8, 4) is 0 Å². The third-order valence-corrected chi connectivity index (χ3v) is 6.04. The Bertz CT molecular complexity index is 241. The van der Waals surface area contributed by atoms with E-state index in [0.29, 0.717) is 17.9 Å². The van der Waals surface area contributed by atoms with Gasteiger partial charge in [0.15, 0.2) is 0 Å². The second-order valence-corrected chi connectivity index (χ2v) is 6.81. The van der Waals surface area contributed by atoms with Gasteiger partial charge in [-0.25, -0.2) is 0 Å². The Morgan fingerprint density at radius 2 is 1.94 bits per heavy atom. The summed E-state index contributed by atoms with van der Waals surface area (Å²) < 4.78 is 18.0. The summed E-state index contributed by atoms with van der Waals surface area (Å²) in [4.78, 5) is 0. The first kappa shape index (κ1) is 12.5. The normalized spacial score (nSPS) is 34.8. The van der Waals surface area contributed by atoms with Crippen molar-refractivity contribution in [2.45, 2.75) is 55.1 Å². The summed E-state index contributed by atoms with van der Waals surface area (Å²) in [7, 11) is 1.26. The SMILES string of the molecule is CNC1CCOCC1S(=O)C1CCCCC1. The number of rotatable bonds is 3. The standard InChI is InChI=1S/C12H23NO2S/c1-13-11-7-8-15-9-12(11)16(14)10-5-3-2-4-6-10/h10-13H,2-9H2,1H3. The van der Waals surface area contributed by atoms with Crippen molar-refractivity contribution in [1.29, 1.82) is 0 Å². The molecule has 0 amide bonds. The Labute approximate surface area is 101 Å².